The standard InChI is InChI=1S/C19H22ClNO3/c1-10(2)15-13-7-8-14(15)17(19(23)24)16(13)18(22)21-9-11-3-5-12(20)6-4-11/h3-6,13-14,16-17H,7-9H2,1-2H3,(H,21,22)(H,23,24)/t13-,14-,16+,17+/m1/s1. The molecule has 2 bridgehead atoms. The number of fused-ring (bicyclic) bond motifs is 2. The zero-order valence-electron chi connectivity index (χ0n) is 13.9. The average molecular weight is 348 g/mol. The van der Waals surface area contributed by atoms with E-state index >= 15 is 0 Å². The van der Waals surface area contributed by atoms with E-state index in [9.17, 15) is 14.7 Å². The van der Waals surface area contributed by atoms with Crippen LogP contribution in [0.5, 0.6) is 0 Å². The SMILES string of the molecule is CC(C)=C1[C@H]2CC[C@H]1[C@H](C(=O)NCc1ccc(Cl)cc1)[C@H]2C(=O)O. The van der Waals surface area contributed by atoms with Gasteiger partial charge in [0, 0.05) is 11.6 Å². The lowest BCUT2D eigenvalue weighted by Crippen LogP contribution is -2.41. The van der Waals surface area contributed by atoms with Gasteiger partial charge in [-0.1, -0.05) is 34.9 Å². The highest BCUT2D eigenvalue weighted by molar-refractivity contribution is 6.30. The third-order valence-electron chi connectivity index (χ3n) is 5.39. The van der Waals surface area contributed by atoms with Crippen molar-refractivity contribution in [2.45, 2.75) is 33.2 Å². The molecule has 1 aromatic carbocycles. The van der Waals surface area contributed by atoms with E-state index in [0.29, 0.717) is 11.6 Å². The highest BCUT2D eigenvalue weighted by atomic mass is 35.5. The van der Waals surface area contributed by atoms with Crippen molar-refractivity contribution < 1.29 is 14.7 Å². The van der Waals surface area contributed by atoms with Crippen LogP contribution in [0.3, 0.4) is 0 Å². The molecule has 1 amide bonds. The topological polar surface area (TPSA) is 66.4 Å². The van der Waals surface area contributed by atoms with Gasteiger partial charge in [-0.25, -0.2) is 0 Å². The second kappa shape index (κ2) is 6.60. The van der Waals surface area contributed by atoms with E-state index in [1.54, 1.807) is 12.1 Å². The van der Waals surface area contributed by atoms with E-state index in [1.807, 2.05) is 26.0 Å². The summed E-state index contributed by atoms with van der Waals surface area (Å²) in [4.78, 5) is 24.5. The minimum absolute atomic E-state index is 0.0174. The lowest BCUT2D eigenvalue weighted by molar-refractivity contribution is -0.149. The summed E-state index contributed by atoms with van der Waals surface area (Å²) in [5.41, 5.74) is 3.32. The van der Waals surface area contributed by atoms with Gasteiger partial charge in [-0.2, -0.15) is 0 Å². The Labute approximate surface area is 146 Å². The molecule has 2 aliphatic rings. The van der Waals surface area contributed by atoms with Gasteiger partial charge in [-0.15, -0.1) is 0 Å². The first-order valence-electron chi connectivity index (χ1n) is 8.32. The first-order valence-corrected chi connectivity index (χ1v) is 8.70. The number of carbonyl (C=O) groups is 2. The largest absolute Gasteiger partial charge is 0.481 e. The first-order chi connectivity index (χ1) is 11.4. The Bertz CT molecular complexity index is 691. The number of carboxylic acid groups (broad SMARTS) is 1. The maximum absolute atomic E-state index is 12.7. The molecule has 0 radical (unpaired) electrons. The molecule has 0 aliphatic heterocycles. The number of hydrogen-bond donors (Lipinski definition) is 2. The van der Waals surface area contributed by atoms with E-state index < -0.39 is 17.8 Å². The smallest absolute Gasteiger partial charge is 0.307 e. The monoisotopic (exact) mass is 347 g/mol. The summed E-state index contributed by atoms with van der Waals surface area (Å²) in [6.45, 7) is 4.43. The number of rotatable bonds is 4. The Balaban J connectivity index is 1.77. The van der Waals surface area contributed by atoms with Crippen molar-refractivity contribution in [1.82, 2.24) is 5.32 Å². The number of amides is 1. The number of nitrogens with one attached hydrogen (secondary N) is 1. The molecular formula is C19H22ClNO3. The Morgan fingerprint density at radius 1 is 1.12 bits per heavy atom. The van der Waals surface area contributed by atoms with Crippen molar-refractivity contribution in [3.63, 3.8) is 0 Å². The molecule has 1 aromatic rings. The Kier molecular flexibility index (Phi) is 4.68. The summed E-state index contributed by atoms with van der Waals surface area (Å²) in [6, 6.07) is 7.28. The Morgan fingerprint density at radius 2 is 1.71 bits per heavy atom. The van der Waals surface area contributed by atoms with E-state index in [-0.39, 0.29) is 17.7 Å². The first kappa shape index (κ1) is 17.0. The fourth-order valence-electron chi connectivity index (χ4n) is 4.51. The van der Waals surface area contributed by atoms with Crippen LogP contribution in [0.1, 0.15) is 32.3 Å². The minimum atomic E-state index is -0.854. The molecule has 2 saturated carbocycles. The zero-order valence-corrected chi connectivity index (χ0v) is 14.6. The van der Waals surface area contributed by atoms with Crippen molar-refractivity contribution in [2.24, 2.45) is 23.7 Å². The molecule has 24 heavy (non-hydrogen) atoms. The minimum Gasteiger partial charge on any atom is -0.481 e. The zero-order chi connectivity index (χ0) is 17.4. The van der Waals surface area contributed by atoms with Crippen LogP contribution in [0.4, 0.5) is 0 Å². The molecule has 0 saturated heterocycles. The van der Waals surface area contributed by atoms with E-state index in [4.69, 9.17) is 11.6 Å². The van der Waals surface area contributed by atoms with Crippen LogP contribution in [0.25, 0.3) is 0 Å². The quantitative estimate of drug-likeness (QED) is 0.817. The van der Waals surface area contributed by atoms with Gasteiger partial charge in [0.25, 0.3) is 0 Å². The predicted molar refractivity (Wildman–Crippen MR) is 92.5 cm³/mol. The van der Waals surface area contributed by atoms with Gasteiger partial charge in [0.05, 0.1) is 11.8 Å². The molecule has 0 spiro atoms. The molecule has 0 aromatic heterocycles. The summed E-state index contributed by atoms with van der Waals surface area (Å²) in [5.74, 6) is -1.97. The van der Waals surface area contributed by atoms with Gasteiger partial charge >= 0.3 is 5.97 Å². The van der Waals surface area contributed by atoms with Gasteiger partial charge in [0.2, 0.25) is 5.91 Å². The van der Waals surface area contributed by atoms with Gasteiger partial charge in [0.15, 0.2) is 0 Å². The van der Waals surface area contributed by atoms with Crippen LogP contribution < -0.4 is 5.32 Å². The maximum Gasteiger partial charge on any atom is 0.307 e. The Morgan fingerprint density at radius 3 is 2.25 bits per heavy atom. The normalized spacial score (nSPS) is 28.0. The van der Waals surface area contributed by atoms with Crippen molar-refractivity contribution in [1.29, 1.82) is 0 Å². The summed E-state index contributed by atoms with van der Waals surface area (Å²) >= 11 is 5.86. The highest BCUT2D eigenvalue weighted by Gasteiger charge is 2.57. The lowest BCUT2D eigenvalue weighted by atomic mass is 9.78. The molecule has 4 atom stereocenters. The average Bonchev–Trinajstić information content (AvgIpc) is 3.10. The number of carboxylic acids is 1. The molecular weight excluding hydrogens is 326 g/mol. The van der Waals surface area contributed by atoms with Crippen LogP contribution in [-0.4, -0.2) is 17.0 Å². The fraction of sp³-hybridized carbons (Fsp3) is 0.474. The predicted octanol–water partition coefficient (Wildman–Crippen LogP) is 3.65. The number of benzene rings is 1. The molecule has 2 aliphatic carbocycles. The fourth-order valence-corrected chi connectivity index (χ4v) is 4.64. The number of carbonyl (C=O) groups excluding carboxylic acids is 1. The van der Waals surface area contributed by atoms with E-state index in [0.717, 1.165) is 18.4 Å². The van der Waals surface area contributed by atoms with Crippen molar-refractivity contribution >= 4 is 23.5 Å². The van der Waals surface area contributed by atoms with Gasteiger partial charge in [-0.3, -0.25) is 9.59 Å². The molecule has 0 heterocycles. The Hall–Kier alpha value is -1.81. The van der Waals surface area contributed by atoms with E-state index in [2.05, 4.69) is 5.32 Å². The van der Waals surface area contributed by atoms with Crippen LogP contribution in [0.15, 0.2) is 35.4 Å². The molecule has 5 heteroatoms. The van der Waals surface area contributed by atoms with Crippen molar-refractivity contribution in [3.8, 4) is 0 Å². The van der Waals surface area contributed by atoms with Gasteiger partial charge in [-0.05, 0) is 56.2 Å². The maximum atomic E-state index is 12.7. The lowest BCUT2D eigenvalue weighted by Gasteiger charge is -2.26. The molecule has 0 unspecified atom stereocenters. The van der Waals surface area contributed by atoms with Crippen LogP contribution in [0.2, 0.25) is 5.02 Å². The summed E-state index contributed by atoms with van der Waals surface area (Å²) in [6.07, 6.45) is 1.79. The van der Waals surface area contributed by atoms with Gasteiger partial charge < -0.3 is 10.4 Å². The summed E-state index contributed by atoms with van der Waals surface area (Å²) in [5, 5.41) is 13.2. The second-order valence-corrected chi connectivity index (χ2v) is 7.42. The third-order valence-corrected chi connectivity index (χ3v) is 5.64. The number of halogens is 1. The molecule has 2 N–H and O–H groups in total. The molecule has 2 fully saturated rings. The van der Waals surface area contributed by atoms with Crippen molar-refractivity contribution in [3.05, 3.63) is 46.0 Å². The summed E-state index contributed by atoms with van der Waals surface area (Å²) < 4.78 is 0. The van der Waals surface area contributed by atoms with E-state index in [1.165, 1.54) is 11.1 Å². The van der Waals surface area contributed by atoms with Crippen LogP contribution >= 0.6 is 11.6 Å². The summed E-state index contributed by atoms with van der Waals surface area (Å²) in [7, 11) is 0. The number of hydrogen-bond acceptors (Lipinski definition) is 2. The molecule has 4 nitrogen and oxygen atoms in total. The van der Waals surface area contributed by atoms with Gasteiger partial charge in [0.1, 0.15) is 0 Å². The van der Waals surface area contributed by atoms with Crippen LogP contribution in [0, 0.1) is 23.7 Å². The molecule has 128 valence electrons. The second-order valence-electron chi connectivity index (χ2n) is 6.98. The third kappa shape index (κ3) is 2.95. The molecule has 3 rings (SSSR count). The highest BCUT2D eigenvalue weighted by Crippen LogP contribution is 2.57. The van der Waals surface area contributed by atoms with Crippen molar-refractivity contribution in [2.75, 3.05) is 0 Å². The number of aliphatic carboxylic acids is 1. The number of allylic oxidation sites excluding steroid dienone is 2. The van der Waals surface area contributed by atoms with Crippen LogP contribution in [-0.2, 0) is 16.1 Å².